The molecule has 3 rings (SSSR count). The maximum Gasteiger partial charge on any atom is 0.253 e. The Hall–Kier alpha value is -2.83. The van der Waals surface area contributed by atoms with Gasteiger partial charge in [-0.15, -0.1) is 0 Å². The smallest absolute Gasteiger partial charge is 0.253 e. The average molecular weight is 344 g/mol. The maximum absolute atomic E-state index is 13.3. The van der Waals surface area contributed by atoms with E-state index in [9.17, 15) is 13.6 Å². The largest absolute Gasteiger partial charge is 0.345 e. The van der Waals surface area contributed by atoms with Crippen LogP contribution >= 0.6 is 0 Å². The van der Waals surface area contributed by atoms with Crippen LogP contribution in [0.15, 0.2) is 36.7 Å². The van der Waals surface area contributed by atoms with Crippen LogP contribution in [0.4, 0.5) is 8.78 Å². The van der Waals surface area contributed by atoms with Gasteiger partial charge >= 0.3 is 0 Å². The van der Waals surface area contributed by atoms with Crippen molar-refractivity contribution in [2.75, 3.05) is 0 Å². The quantitative estimate of drug-likeness (QED) is 0.783. The molecule has 1 N–H and O–H groups in total. The Morgan fingerprint density at radius 1 is 1.12 bits per heavy atom. The van der Waals surface area contributed by atoms with Gasteiger partial charge in [-0.1, -0.05) is 6.07 Å². The molecular formula is C18H18F2N4O. The van der Waals surface area contributed by atoms with E-state index in [1.165, 1.54) is 12.3 Å². The zero-order valence-corrected chi connectivity index (χ0v) is 14.1. The van der Waals surface area contributed by atoms with Crippen molar-refractivity contribution in [2.24, 2.45) is 0 Å². The highest BCUT2D eigenvalue weighted by Gasteiger charge is 2.15. The first-order valence-corrected chi connectivity index (χ1v) is 7.96. The van der Waals surface area contributed by atoms with E-state index in [-0.39, 0.29) is 11.9 Å². The summed E-state index contributed by atoms with van der Waals surface area (Å²) in [4.78, 5) is 16.7. The lowest BCUT2D eigenvalue weighted by molar-refractivity contribution is 0.0939. The van der Waals surface area contributed by atoms with Gasteiger partial charge in [-0.2, -0.15) is 5.10 Å². The molecule has 0 aliphatic heterocycles. The molecule has 130 valence electrons. The highest BCUT2D eigenvalue weighted by atomic mass is 19.2. The van der Waals surface area contributed by atoms with Crippen LogP contribution in [0.1, 0.15) is 48.8 Å². The topological polar surface area (TPSA) is 59.8 Å². The third kappa shape index (κ3) is 3.35. The van der Waals surface area contributed by atoms with Crippen LogP contribution in [-0.2, 0) is 0 Å². The third-order valence-electron chi connectivity index (χ3n) is 3.98. The summed E-state index contributed by atoms with van der Waals surface area (Å²) < 4.78 is 28.1. The number of nitrogens with zero attached hydrogens (tertiary/aromatic N) is 3. The van der Waals surface area contributed by atoms with Crippen LogP contribution in [-0.4, -0.2) is 20.7 Å². The van der Waals surface area contributed by atoms with Crippen molar-refractivity contribution in [2.45, 2.75) is 32.9 Å². The zero-order valence-electron chi connectivity index (χ0n) is 14.1. The monoisotopic (exact) mass is 344 g/mol. The minimum Gasteiger partial charge on any atom is -0.345 e. The van der Waals surface area contributed by atoms with Crippen molar-refractivity contribution in [1.29, 1.82) is 0 Å². The molecule has 1 amide bonds. The molecule has 1 aromatic carbocycles. The number of rotatable bonds is 4. The summed E-state index contributed by atoms with van der Waals surface area (Å²) >= 11 is 0. The second kappa shape index (κ2) is 6.58. The number of hydrogen-bond acceptors (Lipinski definition) is 3. The van der Waals surface area contributed by atoms with Crippen LogP contribution in [0.25, 0.3) is 11.0 Å². The number of fused-ring (bicyclic) bond motifs is 1. The molecular weight excluding hydrogens is 326 g/mol. The number of amides is 1. The fourth-order valence-corrected chi connectivity index (χ4v) is 2.59. The summed E-state index contributed by atoms with van der Waals surface area (Å²) in [6, 6.07) is 4.96. The molecule has 7 heteroatoms. The molecule has 3 aromatic rings. The third-order valence-corrected chi connectivity index (χ3v) is 3.98. The second-order valence-electron chi connectivity index (χ2n) is 6.19. The number of benzene rings is 1. The number of aromatic nitrogens is 3. The van der Waals surface area contributed by atoms with Crippen LogP contribution in [0.5, 0.6) is 0 Å². The number of carbonyl (C=O) groups excluding carboxylic acids is 1. The molecule has 0 bridgehead atoms. The molecule has 0 aliphatic carbocycles. The number of nitrogens with one attached hydrogen (secondary N) is 1. The van der Waals surface area contributed by atoms with Crippen LogP contribution in [0, 0.1) is 11.6 Å². The molecule has 0 radical (unpaired) electrons. The first-order chi connectivity index (χ1) is 11.9. The number of halogens is 2. The molecule has 0 saturated carbocycles. The summed E-state index contributed by atoms with van der Waals surface area (Å²) in [6.45, 7) is 5.70. The van der Waals surface area contributed by atoms with Crippen molar-refractivity contribution < 1.29 is 13.6 Å². The Balaban J connectivity index is 1.80. The molecule has 5 nitrogen and oxygen atoms in total. The first-order valence-electron chi connectivity index (χ1n) is 7.96. The highest BCUT2D eigenvalue weighted by molar-refractivity contribution is 5.97. The number of carbonyl (C=O) groups is 1. The van der Waals surface area contributed by atoms with E-state index in [2.05, 4.69) is 15.4 Å². The van der Waals surface area contributed by atoms with Crippen molar-refractivity contribution >= 4 is 16.9 Å². The van der Waals surface area contributed by atoms with Gasteiger partial charge in [0.2, 0.25) is 0 Å². The van der Waals surface area contributed by atoms with Gasteiger partial charge < -0.3 is 5.32 Å². The second-order valence-corrected chi connectivity index (χ2v) is 6.19. The van der Waals surface area contributed by atoms with Gasteiger partial charge in [0.05, 0.1) is 17.8 Å². The zero-order chi connectivity index (χ0) is 18.1. The van der Waals surface area contributed by atoms with Crippen molar-refractivity contribution in [3.05, 3.63) is 59.4 Å². The molecule has 0 aliphatic rings. The summed E-state index contributed by atoms with van der Waals surface area (Å²) in [7, 11) is 0. The Labute approximate surface area is 143 Å². The Morgan fingerprint density at radius 2 is 1.88 bits per heavy atom. The minimum atomic E-state index is -0.942. The molecule has 25 heavy (non-hydrogen) atoms. The average Bonchev–Trinajstić information content (AvgIpc) is 3.00. The maximum atomic E-state index is 13.3. The Morgan fingerprint density at radius 3 is 2.56 bits per heavy atom. The fourth-order valence-electron chi connectivity index (χ4n) is 2.59. The summed E-state index contributed by atoms with van der Waals surface area (Å²) in [6.07, 6.45) is 3.15. The number of hydrogen-bond donors (Lipinski definition) is 1. The Kier molecular flexibility index (Phi) is 4.48. The van der Waals surface area contributed by atoms with Gasteiger partial charge in [0, 0.05) is 17.6 Å². The molecule has 2 heterocycles. The molecule has 0 saturated heterocycles. The lowest BCUT2D eigenvalue weighted by Gasteiger charge is -2.14. The van der Waals surface area contributed by atoms with Crippen molar-refractivity contribution in [1.82, 2.24) is 20.1 Å². The van der Waals surface area contributed by atoms with Gasteiger partial charge in [0.15, 0.2) is 17.3 Å². The van der Waals surface area contributed by atoms with Gasteiger partial charge in [0.1, 0.15) is 0 Å². The number of pyridine rings is 1. The van der Waals surface area contributed by atoms with Crippen molar-refractivity contribution in [3.63, 3.8) is 0 Å². The molecule has 0 spiro atoms. The van der Waals surface area contributed by atoms with E-state index in [1.54, 1.807) is 23.9 Å². The molecule has 2 aromatic heterocycles. The Bertz CT molecular complexity index is 936. The van der Waals surface area contributed by atoms with Crippen LogP contribution in [0.2, 0.25) is 0 Å². The molecule has 1 unspecified atom stereocenters. The summed E-state index contributed by atoms with van der Waals surface area (Å²) in [5.41, 5.74) is 1.57. The van der Waals surface area contributed by atoms with E-state index in [0.29, 0.717) is 16.8 Å². The highest BCUT2D eigenvalue weighted by Crippen LogP contribution is 2.19. The summed E-state index contributed by atoms with van der Waals surface area (Å²) in [5, 5.41) is 7.79. The van der Waals surface area contributed by atoms with Crippen LogP contribution in [0.3, 0.4) is 0 Å². The lowest BCUT2D eigenvalue weighted by Crippen LogP contribution is -2.26. The first kappa shape index (κ1) is 17.0. The normalized spacial score (nSPS) is 12.6. The molecule has 0 fully saturated rings. The van der Waals surface area contributed by atoms with E-state index in [0.717, 1.165) is 17.5 Å². The van der Waals surface area contributed by atoms with E-state index in [1.807, 2.05) is 13.8 Å². The van der Waals surface area contributed by atoms with Gasteiger partial charge in [-0.3, -0.25) is 4.79 Å². The fraction of sp³-hybridized carbons (Fsp3) is 0.278. The predicted octanol–water partition coefficient (Wildman–Crippen LogP) is 3.78. The van der Waals surface area contributed by atoms with Crippen molar-refractivity contribution in [3.8, 4) is 0 Å². The van der Waals surface area contributed by atoms with Crippen LogP contribution < -0.4 is 5.32 Å². The summed E-state index contributed by atoms with van der Waals surface area (Å²) in [5.74, 6) is -2.20. The standard InChI is InChI=1S/C18H18F2N4O/c1-10(2)24-17-13(9-22-24)6-14(8-21-17)18(25)23-11(3)12-4-5-15(19)16(20)7-12/h4-11H,1-3H3,(H,23,25). The minimum absolute atomic E-state index is 0.165. The van der Waals surface area contributed by atoms with Gasteiger partial charge in [-0.25, -0.2) is 18.4 Å². The lowest BCUT2D eigenvalue weighted by atomic mass is 10.1. The SMILES string of the molecule is CC(NC(=O)c1cnc2c(cnn2C(C)C)c1)c1ccc(F)c(F)c1. The van der Waals surface area contributed by atoms with E-state index in [4.69, 9.17) is 0 Å². The van der Waals surface area contributed by atoms with E-state index >= 15 is 0 Å². The van der Waals surface area contributed by atoms with Gasteiger partial charge in [0.25, 0.3) is 5.91 Å². The van der Waals surface area contributed by atoms with E-state index < -0.39 is 17.7 Å². The van der Waals surface area contributed by atoms with Gasteiger partial charge in [-0.05, 0) is 44.5 Å². The molecule has 1 atom stereocenters. The predicted molar refractivity (Wildman–Crippen MR) is 90.2 cm³/mol.